The summed E-state index contributed by atoms with van der Waals surface area (Å²) in [4.78, 5) is 15.8. The molecule has 0 spiro atoms. The van der Waals surface area contributed by atoms with Crippen LogP contribution in [0.3, 0.4) is 0 Å². The number of carbonyl (C=O) groups is 1. The van der Waals surface area contributed by atoms with Crippen LogP contribution in [0, 0.1) is 6.92 Å². The molecule has 0 aliphatic heterocycles. The van der Waals surface area contributed by atoms with E-state index in [1.54, 1.807) is 0 Å². The number of H-pyrrole nitrogens is 1. The van der Waals surface area contributed by atoms with Crippen molar-refractivity contribution in [2.75, 3.05) is 0 Å². The highest BCUT2D eigenvalue weighted by atomic mass is 16.1. The predicted molar refractivity (Wildman–Crippen MR) is 80.8 cm³/mol. The molecule has 3 rings (SSSR count). The molecule has 0 radical (unpaired) electrons. The summed E-state index contributed by atoms with van der Waals surface area (Å²) in [5, 5.41) is 0. The topological polar surface area (TPSA) is 32.9 Å². The van der Waals surface area contributed by atoms with Crippen molar-refractivity contribution in [3.05, 3.63) is 83.6 Å². The molecule has 2 aromatic carbocycles. The van der Waals surface area contributed by atoms with Gasteiger partial charge in [-0.25, -0.2) is 0 Å². The SMILES string of the molecule is Cc1ccc(C(=O)c2cc[nH]c2-c2ccccc2)cc1. The maximum atomic E-state index is 12.6. The number of hydrogen-bond donors (Lipinski definition) is 1. The Morgan fingerprint density at radius 1 is 0.900 bits per heavy atom. The number of ketones is 1. The standard InChI is InChI=1S/C18H15NO/c1-13-7-9-15(10-8-13)18(20)16-11-12-19-17(16)14-5-3-2-4-6-14/h2-12,19H,1H3. The molecule has 0 fully saturated rings. The molecular weight excluding hydrogens is 246 g/mol. The summed E-state index contributed by atoms with van der Waals surface area (Å²) < 4.78 is 0. The summed E-state index contributed by atoms with van der Waals surface area (Å²) in [5.74, 6) is 0.0464. The number of aryl methyl sites for hydroxylation is 1. The fourth-order valence-electron chi connectivity index (χ4n) is 2.26. The van der Waals surface area contributed by atoms with Crippen LogP contribution in [0.5, 0.6) is 0 Å². The summed E-state index contributed by atoms with van der Waals surface area (Å²) in [5.41, 5.74) is 4.47. The van der Waals surface area contributed by atoms with Gasteiger partial charge < -0.3 is 4.98 Å². The predicted octanol–water partition coefficient (Wildman–Crippen LogP) is 4.22. The fourth-order valence-corrected chi connectivity index (χ4v) is 2.26. The Balaban J connectivity index is 2.02. The molecule has 2 nitrogen and oxygen atoms in total. The first kappa shape index (κ1) is 12.4. The van der Waals surface area contributed by atoms with Crippen LogP contribution in [0.1, 0.15) is 21.5 Å². The lowest BCUT2D eigenvalue weighted by Gasteiger charge is -2.04. The molecule has 0 aliphatic rings. The van der Waals surface area contributed by atoms with Crippen molar-refractivity contribution in [3.8, 4) is 11.3 Å². The van der Waals surface area contributed by atoms with Crippen LogP contribution in [0.15, 0.2) is 66.9 Å². The Labute approximate surface area is 118 Å². The van der Waals surface area contributed by atoms with Crippen LogP contribution in [0.25, 0.3) is 11.3 Å². The van der Waals surface area contributed by atoms with Crippen molar-refractivity contribution in [1.82, 2.24) is 4.98 Å². The number of rotatable bonds is 3. The van der Waals surface area contributed by atoms with E-state index in [9.17, 15) is 4.79 Å². The van der Waals surface area contributed by atoms with E-state index in [-0.39, 0.29) is 5.78 Å². The molecule has 1 N–H and O–H groups in total. The lowest BCUT2D eigenvalue weighted by atomic mass is 9.99. The third kappa shape index (κ3) is 2.28. The molecule has 0 aliphatic carbocycles. The molecule has 98 valence electrons. The lowest BCUT2D eigenvalue weighted by Crippen LogP contribution is -2.01. The van der Waals surface area contributed by atoms with Crippen molar-refractivity contribution < 1.29 is 4.79 Å². The Morgan fingerprint density at radius 2 is 1.60 bits per heavy atom. The van der Waals surface area contributed by atoms with Crippen LogP contribution in [0.2, 0.25) is 0 Å². The van der Waals surface area contributed by atoms with Crippen molar-refractivity contribution >= 4 is 5.78 Å². The Kier molecular flexibility index (Phi) is 3.21. The van der Waals surface area contributed by atoms with Gasteiger partial charge in [0.05, 0.1) is 5.69 Å². The van der Waals surface area contributed by atoms with Crippen molar-refractivity contribution in [2.24, 2.45) is 0 Å². The highest BCUT2D eigenvalue weighted by Gasteiger charge is 2.15. The molecule has 0 saturated carbocycles. The zero-order valence-corrected chi connectivity index (χ0v) is 11.3. The van der Waals surface area contributed by atoms with Gasteiger partial charge in [-0.3, -0.25) is 4.79 Å². The molecule has 0 amide bonds. The van der Waals surface area contributed by atoms with Gasteiger partial charge in [0, 0.05) is 17.3 Å². The minimum Gasteiger partial charge on any atom is -0.361 e. The van der Waals surface area contributed by atoms with Crippen molar-refractivity contribution in [2.45, 2.75) is 6.92 Å². The van der Waals surface area contributed by atoms with Gasteiger partial charge in [-0.05, 0) is 18.6 Å². The molecule has 20 heavy (non-hydrogen) atoms. The Hall–Kier alpha value is -2.61. The van der Waals surface area contributed by atoms with Gasteiger partial charge in [0.1, 0.15) is 0 Å². The van der Waals surface area contributed by atoms with E-state index in [0.717, 1.165) is 16.8 Å². The van der Waals surface area contributed by atoms with Gasteiger partial charge in [0.15, 0.2) is 5.78 Å². The molecule has 1 heterocycles. The molecule has 0 bridgehead atoms. The Morgan fingerprint density at radius 3 is 2.30 bits per heavy atom. The van der Waals surface area contributed by atoms with Crippen LogP contribution in [-0.4, -0.2) is 10.8 Å². The zero-order chi connectivity index (χ0) is 13.9. The number of benzene rings is 2. The van der Waals surface area contributed by atoms with Crippen LogP contribution >= 0.6 is 0 Å². The summed E-state index contributed by atoms with van der Waals surface area (Å²) in [6.45, 7) is 2.01. The van der Waals surface area contributed by atoms with Gasteiger partial charge in [0.2, 0.25) is 0 Å². The van der Waals surface area contributed by atoms with Gasteiger partial charge in [0.25, 0.3) is 0 Å². The zero-order valence-electron chi connectivity index (χ0n) is 11.3. The number of nitrogens with one attached hydrogen (secondary N) is 1. The molecule has 0 unspecified atom stereocenters. The van der Waals surface area contributed by atoms with E-state index in [1.165, 1.54) is 0 Å². The first-order valence-corrected chi connectivity index (χ1v) is 6.60. The lowest BCUT2D eigenvalue weighted by molar-refractivity contribution is 0.103. The third-order valence-corrected chi connectivity index (χ3v) is 3.37. The summed E-state index contributed by atoms with van der Waals surface area (Å²) >= 11 is 0. The molecule has 3 aromatic rings. The number of aromatic nitrogens is 1. The largest absolute Gasteiger partial charge is 0.361 e. The Bertz CT molecular complexity index is 724. The van der Waals surface area contributed by atoms with Crippen molar-refractivity contribution in [1.29, 1.82) is 0 Å². The van der Waals surface area contributed by atoms with Gasteiger partial charge >= 0.3 is 0 Å². The second kappa shape index (κ2) is 5.17. The fraction of sp³-hybridized carbons (Fsp3) is 0.0556. The first-order chi connectivity index (χ1) is 9.75. The smallest absolute Gasteiger partial charge is 0.195 e. The van der Waals surface area contributed by atoms with Gasteiger partial charge in [-0.15, -0.1) is 0 Å². The summed E-state index contributed by atoms with van der Waals surface area (Å²) in [6, 6.07) is 19.4. The minimum atomic E-state index is 0.0464. The maximum absolute atomic E-state index is 12.6. The van der Waals surface area contributed by atoms with Crippen LogP contribution in [0.4, 0.5) is 0 Å². The average Bonchev–Trinajstić information content (AvgIpc) is 2.97. The van der Waals surface area contributed by atoms with E-state index in [4.69, 9.17) is 0 Å². The normalized spacial score (nSPS) is 10.4. The number of hydrogen-bond acceptors (Lipinski definition) is 1. The number of aromatic amines is 1. The summed E-state index contributed by atoms with van der Waals surface area (Å²) in [7, 11) is 0. The molecule has 0 saturated heterocycles. The maximum Gasteiger partial charge on any atom is 0.195 e. The van der Waals surface area contributed by atoms with E-state index in [1.807, 2.05) is 73.8 Å². The van der Waals surface area contributed by atoms with E-state index in [0.29, 0.717) is 11.1 Å². The highest BCUT2D eigenvalue weighted by Crippen LogP contribution is 2.24. The highest BCUT2D eigenvalue weighted by molar-refractivity contribution is 6.12. The first-order valence-electron chi connectivity index (χ1n) is 6.60. The van der Waals surface area contributed by atoms with Crippen LogP contribution < -0.4 is 0 Å². The second-order valence-corrected chi connectivity index (χ2v) is 4.83. The van der Waals surface area contributed by atoms with E-state index < -0.39 is 0 Å². The number of carbonyl (C=O) groups excluding carboxylic acids is 1. The molecule has 2 heteroatoms. The third-order valence-electron chi connectivity index (χ3n) is 3.37. The minimum absolute atomic E-state index is 0.0464. The van der Waals surface area contributed by atoms with Crippen molar-refractivity contribution in [3.63, 3.8) is 0 Å². The van der Waals surface area contributed by atoms with Gasteiger partial charge in [-0.1, -0.05) is 60.2 Å². The van der Waals surface area contributed by atoms with Gasteiger partial charge in [-0.2, -0.15) is 0 Å². The summed E-state index contributed by atoms with van der Waals surface area (Å²) in [6.07, 6.45) is 1.81. The molecule has 1 aromatic heterocycles. The van der Waals surface area contributed by atoms with E-state index in [2.05, 4.69) is 4.98 Å². The van der Waals surface area contributed by atoms with Crippen LogP contribution in [-0.2, 0) is 0 Å². The quantitative estimate of drug-likeness (QED) is 0.703. The average molecular weight is 261 g/mol. The van der Waals surface area contributed by atoms with E-state index >= 15 is 0 Å². The second-order valence-electron chi connectivity index (χ2n) is 4.83. The monoisotopic (exact) mass is 261 g/mol. The molecular formula is C18H15NO. The molecule has 0 atom stereocenters.